The van der Waals surface area contributed by atoms with Gasteiger partial charge in [0, 0.05) is 5.92 Å². The molecule has 2 aromatic rings. The third-order valence-electron chi connectivity index (χ3n) is 6.54. The maximum absolute atomic E-state index is 13.7. The molecule has 0 saturated heterocycles. The maximum Gasteiger partial charge on any atom is 0.296 e. The number of amides is 1. The highest BCUT2D eigenvalue weighted by atomic mass is 32.1. The van der Waals surface area contributed by atoms with Gasteiger partial charge in [0.15, 0.2) is 11.5 Å². The van der Waals surface area contributed by atoms with Crippen molar-refractivity contribution < 1.29 is 19.1 Å². The lowest BCUT2D eigenvalue weighted by Crippen LogP contribution is -2.39. The van der Waals surface area contributed by atoms with E-state index in [1.807, 2.05) is 38.1 Å². The number of Topliss-reactive ketones (excluding diaryl/α,β-unsaturated/α-hetero) is 1. The van der Waals surface area contributed by atoms with Crippen LogP contribution in [0.5, 0.6) is 5.75 Å². The predicted molar refractivity (Wildman–Crippen MR) is 125 cm³/mol. The highest BCUT2D eigenvalue weighted by Crippen LogP contribution is 2.49. The van der Waals surface area contributed by atoms with E-state index in [0.717, 1.165) is 48.4 Å². The van der Waals surface area contributed by atoms with Crippen LogP contribution >= 0.6 is 11.3 Å². The van der Waals surface area contributed by atoms with Gasteiger partial charge in [0.2, 0.25) is 5.13 Å². The number of carbonyl (C=O) groups is 2. The second kappa shape index (κ2) is 8.89. The van der Waals surface area contributed by atoms with E-state index < -0.39 is 6.04 Å². The molecule has 1 aromatic heterocycles. The number of rotatable bonds is 6. The molecule has 1 aliphatic carbocycles. The maximum atomic E-state index is 13.7. The molecule has 3 atom stereocenters. The molecule has 2 aliphatic heterocycles. The molecule has 3 aliphatic rings. The van der Waals surface area contributed by atoms with E-state index in [0.29, 0.717) is 17.3 Å². The molecule has 0 radical (unpaired) electrons. The molecular weight excluding hydrogens is 438 g/mol. The number of carbonyl (C=O) groups excluding carboxylic acids is 2. The fraction of sp³-hybridized carbons (Fsp3) is 0.520. The number of anilines is 1. The fourth-order valence-corrected chi connectivity index (χ4v) is 5.78. The van der Waals surface area contributed by atoms with Crippen molar-refractivity contribution in [3.8, 4) is 5.75 Å². The minimum absolute atomic E-state index is 0.0373. The third-order valence-corrected chi connectivity index (χ3v) is 7.76. The Kier molecular flexibility index (Phi) is 5.95. The average molecular weight is 468 g/mol. The van der Waals surface area contributed by atoms with Crippen LogP contribution in [0.25, 0.3) is 0 Å². The highest BCUT2D eigenvalue weighted by Gasteiger charge is 2.53. The Morgan fingerprint density at radius 3 is 2.79 bits per heavy atom. The third kappa shape index (κ3) is 3.84. The minimum atomic E-state index is -0.596. The van der Waals surface area contributed by atoms with Crippen molar-refractivity contribution in [2.75, 3.05) is 11.5 Å². The summed E-state index contributed by atoms with van der Waals surface area (Å²) in [6.45, 7) is 6.74. The van der Waals surface area contributed by atoms with Gasteiger partial charge in [-0.3, -0.25) is 14.5 Å². The first-order chi connectivity index (χ1) is 16.0. The van der Waals surface area contributed by atoms with Gasteiger partial charge in [-0.25, -0.2) is 0 Å². The zero-order chi connectivity index (χ0) is 23.1. The molecule has 5 rings (SSSR count). The first kappa shape index (κ1) is 22.1. The summed E-state index contributed by atoms with van der Waals surface area (Å²) in [5.74, 6) is 0.647. The number of benzene rings is 1. The largest absolute Gasteiger partial charge is 0.494 e. The number of ketones is 1. The summed E-state index contributed by atoms with van der Waals surface area (Å²) >= 11 is 1.39. The second-order valence-electron chi connectivity index (χ2n) is 9.23. The van der Waals surface area contributed by atoms with Crippen molar-refractivity contribution in [3.05, 3.63) is 46.2 Å². The van der Waals surface area contributed by atoms with Crippen molar-refractivity contribution >= 4 is 28.2 Å². The van der Waals surface area contributed by atoms with E-state index in [1.54, 1.807) is 4.90 Å². The van der Waals surface area contributed by atoms with Gasteiger partial charge in [-0.15, -0.1) is 10.2 Å². The van der Waals surface area contributed by atoms with Crippen molar-refractivity contribution in [1.29, 1.82) is 0 Å². The van der Waals surface area contributed by atoms with Crippen LogP contribution in [-0.2, 0) is 14.3 Å². The van der Waals surface area contributed by atoms with Crippen LogP contribution in [0.1, 0.15) is 75.4 Å². The number of aromatic nitrogens is 2. The number of ether oxygens (including phenoxy) is 2. The molecule has 0 bridgehead atoms. The van der Waals surface area contributed by atoms with E-state index in [2.05, 4.69) is 17.1 Å². The van der Waals surface area contributed by atoms with Crippen molar-refractivity contribution in [2.24, 2.45) is 5.92 Å². The molecule has 1 amide bonds. The fourth-order valence-electron chi connectivity index (χ4n) is 4.91. The van der Waals surface area contributed by atoms with Gasteiger partial charge in [-0.1, -0.05) is 50.7 Å². The van der Waals surface area contributed by atoms with Gasteiger partial charge in [-0.05, 0) is 43.4 Å². The first-order valence-corrected chi connectivity index (χ1v) is 12.7. The zero-order valence-corrected chi connectivity index (χ0v) is 20.1. The average Bonchev–Trinajstić information content (AvgIpc) is 3.42. The topological polar surface area (TPSA) is 81.6 Å². The van der Waals surface area contributed by atoms with Crippen LogP contribution in [0.3, 0.4) is 0 Å². The number of nitrogens with zero attached hydrogens (tertiary/aromatic N) is 3. The lowest BCUT2D eigenvalue weighted by atomic mass is 9.77. The summed E-state index contributed by atoms with van der Waals surface area (Å²) in [5.41, 5.74) is 1.27. The summed E-state index contributed by atoms with van der Waals surface area (Å²) in [5, 5.41) is 9.97. The van der Waals surface area contributed by atoms with Gasteiger partial charge in [-0.2, -0.15) is 0 Å². The minimum Gasteiger partial charge on any atom is -0.494 e. The quantitative estimate of drug-likeness (QED) is 0.598. The van der Waals surface area contributed by atoms with Gasteiger partial charge in [0.25, 0.3) is 5.91 Å². The van der Waals surface area contributed by atoms with Crippen molar-refractivity contribution in [2.45, 2.75) is 70.9 Å². The van der Waals surface area contributed by atoms with Crippen LogP contribution < -0.4 is 9.64 Å². The Bertz CT molecular complexity index is 1110. The highest BCUT2D eigenvalue weighted by molar-refractivity contribution is 7.15. The van der Waals surface area contributed by atoms with E-state index in [-0.39, 0.29) is 35.4 Å². The standard InChI is InChI=1S/C25H29N3O4S/c1-4-12-31-16-9-7-8-15(13-16)20-19-21(29)17-10-5-6-11-18(17)32-22(19)24(30)28(20)25-27-26-23(33-25)14(2)3/h7-9,13-14,17-18,20H,4-6,10-12H2,1-3H3. The molecule has 33 heavy (non-hydrogen) atoms. The van der Waals surface area contributed by atoms with Gasteiger partial charge >= 0.3 is 0 Å². The van der Waals surface area contributed by atoms with Crippen molar-refractivity contribution in [3.63, 3.8) is 0 Å². The molecule has 0 N–H and O–H groups in total. The Balaban J connectivity index is 1.61. The van der Waals surface area contributed by atoms with E-state index in [4.69, 9.17) is 9.47 Å². The van der Waals surface area contributed by atoms with Crippen LogP contribution in [0, 0.1) is 5.92 Å². The Morgan fingerprint density at radius 2 is 2.03 bits per heavy atom. The van der Waals surface area contributed by atoms with E-state index in [9.17, 15) is 9.59 Å². The van der Waals surface area contributed by atoms with Gasteiger partial charge < -0.3 is 9.47 Å². The Hall–Kier alpha value is -2.74. The molecule has 8 heteroatoms. The number of hydrogen-bond acceptors (Lipinski definition) is 7. The predicted octanol–water partition coefficient (Wildman–Crippen LogP) is 4.95. The molecule has 3 unspecified atom stereocenters. The molecule has 0 spiro atoms. The van der Waals surface area contributed by atoms with E-state index in [1.165, 1.54) is 11.3 Å². The van der Waals surface area contributed by atoms with Gasteiger partial charge in [0.05, 0.1) is 24.1 Å². The second-order valence-corrected chi connectivity index (χ2v) is 10.2. The number of fused-ring (bicyclic) bond motifs is 1. The van der Waals surface area contributed by atoms with Crippen LogP contribution in [0.2, 0.25) is 0 Å². The molecule has 1 saturated carbocycles. The summed E-state index contributed by atoms with van der Waals surface area (Å²) in [4.78, 5) is 29.0. The molecule has 3 heterocycles. The lowest BCUT2D eigenvalue weighted by Gasteiger charge is -2.35. The molecule has 1 fully saturated rings. The zero-order valence-electron chi connectivity index (χ0n) is 19.2. The first-order valence-electron chi connectivity index (χ1n) is 11.8. The summed E-state index contributed by atoms with van der Waals surface area (Å²) in [7, 11) is 0. The Labute approximate surface area is 197 Å². The number of hydrogen-bond donors (Lipinski definition) is 0. The summed E-state index contributed by atoms with van der Waals surface area (Å²) in [6.07, 6.45) is 4.32. The SMILES string of the molecule is CCCOc1cccc(C2C3=C(OC4CCCCC4C3=O)C(=O)N2c2nnc(C(C)C)s2)c1. The molecular formula is C25H29N3O4S. The van der Waals surface area contributed by atoms with E-state index >= 15 is 0 Å². The normalized spacial score (nSPS) is 24.7. The summed E-state index contributed by atoms with van der Waals surface area (Å²) < 4.78 is 12.1. The lowest BCUT2D eigenvalue weighted by molar-refractivity contribution is -0.131. The van der Waals surface area contributed by atoms with Crippen molar-refractivity contribution in [1.82, 2.24) is 10.2 Å². The Morgan fingerprint density at radius 1 is 1.21 bits per heavy atom. The molecule has 174 valence electrons. The summed E-state index contributed by atoms with van der Waals surface area (Å²) in [6, 6.07) is 7.05. The smallest absolute Gasteiger partial charge is 0.296 e. The molecule has 1 aromatic carbocycles. The van der Waals surface area contributed by atoms with Crippen LogP contribution in [-0.4, -0.2) is 34.6 Å². The van der Waals surface area contributed by atoms with Gasteiger partial charge in [0.1, 0.15) is 16.9 Å². The molecule has 7 nitrogen and oxygen atoms in total. The van der Waals surface area contributed by atoms with Crippen LogP contribution in [0.15, 0.2) is 35.6 Å². The van der Waals surface area contributed by atoms with Crippen LogP contribution in [0.4, 0.5) is 5.13 Å². The monoisotopic (exact) mass is 467 g/mol.